The molecule has 0 aliphatic carbocycles. The number of aliphatic hydroxyl groups is 1. The minimum atomic E-state index is -1.40. The van der Waals surface area contributed by atoms with Crippen LogP contribution >= 0.6 is 0 Å². The number of carbonyl (C=O) groups excluding carboxylic acids is 2. The van der Waals surface area contributed by atoms with Gasteiger partial charge in [-0.15, -0.1) is 0 Å². The molecule has 118 valence electrons. The lowest BCUT2D eigenvalue weighted by atomic mass is 10.0. The summed E-state index contributed by atoms with van der Waals surface area (Å²) in [4.78, 5) is 23.3. The van der Waals surface area contributed by atoms with Crippen molar-refractivity contribution < 1.29 is 23.8 Å². The average molecular weight is 305 g/mol. The SMILES string of the molecule is COC(=O)C(O)CNC(=O)c1oc2c(C)ccc(C)c2c1C. The molecule has 1 heterocycles. The van der Waals surface area contributed by atoms with Crippen LogP contribution in [0.2, 0.25) is 0 Å². The van der Waals surface area contributed by atoms with Crippen LogP contribution in [0.4, 0.5) is 0 Å². The zero-order chi connectivity index (χ0) is 16.4. The fourth-order valence-electron chi connectivity index (χ4n) is 2.38. The molecule has 6 nitrogen and oxygen atoms in total. The highest BCUT2D eigenvalue weighted by molar-refractivity contribution is 6.00. The van der Waals surface area contributed by atoms with E-state index in [0.29, 0.717) is 5.58 Å². The highest BCUT2D eigenvalue weighted by Gasteiger charge is 2.22. The average Bonchev–Trinajstić information content (AvgIpc) is 2.86. The third kappa shape index (κ3) is 2.82. The number of methoxy groups -OCH3 is 1. The van der Waals surface area contributed by atoms with E-state index in [4.69, 9.17) is 4.42 Å². The van der Waals surface area contributed by atoms with Crippen LogP contribution in [0.1, 0.15) is 27.2 Å². The second kappa shape index (κ2) is 6.19. The standard InChI is InChI=1S/C16H19NO5/c1-8-5-6-9(2)13-12(8)10(3)14(22-13)15(19)17-7-11(18)16(20)21-4/h5-6,11,18H,7H2,1-4H3,(H,17,19). The molecule has 0 spiro atoms. The van der Waals surface area contributed by atoms with Crippen molar-refractivity contribution in [3.63, 3.8) is 0 Å². The highest BCUT2D eigenvalue weighted by atomic mass is 16.5. The lowest BCUT2D eigenvalue weighted by molar-refractivity contribution is -0.149. The number of ether oxygens (including phenoxy) is 1. The summed E-state index contributed by atoms with van der Waals surface area (Å²) in [7, 11) is 1.17. The van der Waals surface area contributed by atoms with E-state index < -0.39 is 18.0 Å². The van der Waals surface area contributed by atoms with Crippen molar-refractivity contribution >= 4 is 22.8 Å². The van der Waals surface area contributed by atoms with Crippen molar-refractivity contribution in [2.75, 3.05) is 13.7 Å². The van der Waals surface area contributed by atoms with E-state index in [1.54, 1.807) is 0 Å². The topological polar surface area (TPSA) is 88.8 Å². The molecule has 0 saturated carbocycles. The van der Waals surface area contributed by atoms with Crippen molar-refractivity contribution in [2.24, 2.45) is 0 Å². The molecular weight excluding hydrogens is 286 g/mol. The van der Waals surface area contributed by atoms with Crippen LogP contribution in [0.25, 0.3) is 11.0 Å². The van der Waals surface area contributed by atoms with Gasteiger partial charge >= 0.3 is 5.97 Å². The van der Waals surface area contributed by atoms with Gasteiger partial charge in [-0.05, 0) is 31.9 Å². The molecule has 0 radical (unpaired) electrons. The Morgan fingerprint density at radius 1 is 1.27 bits per heavy atom. The third-order valence-electron chi connectivity index (χ3n) is 3.62. The minimum Gasteiger partial charge on any atom is -0.467 e. The van der Waals surface area contributed by atoms with E-state index in [1.165, 1.54) is 7.11 Å². The van der Waals surface area contributed by atoms with Crippen molar-refractivity contribution in [3.8, 4) is 0 Å². The van der Waals surface area contributed by atoms with Crippen LogP contribution in [0.15, 0.2) is 16.5 Å². The largest absolute Gasteiger partial charge is 0.467 e. The minimum absolute atomic E-state index is 0.185. The normalized spacial score (nSPS) is 12.2. The summed E-state index contributed by atoms with van der Waals surface area (Å²) >= 11 is 0. The molecule has 0 fully saturated rings. The van der Waals surface area contributed by atoms with E-state index in [-0.39, 0.29) is 12.3 Å². The van der Waals surface area contributed by atoms with Crippen LogP contribution in [-0.2, 0) is 9.53 Å². The maximum absolute atomic E-state index is 12.2. The Kier molecular flexibility index (Phi) is 4.51. The molecule has 0 saturated heterocycles. The number of hydrogen-bond acceptors (Lipinski definition) is 5. The van der Waals surface area contributed by atoms with Crippen LogP contribution in [-0.4, -0.2) is 36.7 Å². The van der Waals surface area contributed by atoms with E-state index >= 15 is 0 Å². The van der Waals surface area contributed by atoms with Gasteiger partial charge in [-0.25, -0.2) is 4.79 Å². The van der Waals surface area contributed by atoms with Gasteiger partial charge in [0.15, 0.2) is 11.9 Å². The summed E-state index contributed by atoms with van der Waals surface area (Å²) in [6, 6.07) is 3.91. The van der Waals surface area contributed by atoms with Gasteiger partial charge in [-0.2, -0.15) is 0 Å². The zero-order valence-electron chi connectivity index (χ0n) is 13.0. The zero-order valence-corrected chi connectivity index (χ0v) is 13.0. The van der Waals surface area contributed by atoms with Crippen LogP contribution in [0.3, 0.4) is 0 Å². The molecule has 22 heavy (non-hydrogen) atoms. The fourth-order valence-corrected chi connectivity index (χ4v) is 2.38. The van der Waals surface area contributed by atoms with E-state index in [2.05, 4.69) is 10.1 Å². The van der Waals surface area contributed by atoms with Gasteiger partial charge in [0.25, 0.3) is 5.91 Å². The Morgan fingerprint density at radius 2 is 1.91 bits per heavy atom. The second-order valence-corrected chi connectivity index (χ2v) is 5.21. The number of esters is 1. The van der Waals surface area contributed by atoms with Crippen LogP contribution in [0, 0.1) is 20.8 Å². The van der Waals surface area contributed by atoms with E-state index in [9.17, 15) is 14.7 Å². The Bertz CT molecular complexity index is 732. The maximum atomic E-state index is 12.2. The number of nitrogens with one attached hydrogen (secondary N) is 1. The highest BCUT2D eigenvalue weighted by Crippen LogP contribution is 2.30. The lowest BCUT2D eigenvalue weighted by Gasteiger charge is -2.08. The lowest BCUT2D eigenvalue weighted by Crippen LogP contribution is -2.37. The molecule has 1 aromatic carbocycles. The molecule has 0 bridgehead atoms. The van der Waals surface area contributed by atoms with Crippen molar-refractivity contribution in [1.82, 2.24) is 5.32 Å². The Hall–Kier alpha value is -2.34. The summed E-state index contributed by atoms with van der Waals surface area (Å²) in [6.07, 6.45) is -1.40. The summed E-state index contributed by atoms with van der Waals surface area (Å²) < 4.78 is 10.1. The Balaban J connectivity index is 2.26. The number of fused-ring (bicyclic) bond motifs is 1. The number of furan rings is 1. The molecule has 0 aliphatic rings. The van der Waals surface area contributed by atoms with Crippen molar-refractivity contribution in [1.29, 1.82) is 0 Å². The van der Waals surface area contributed by atoms with Crippen molar-refractivity contribution in [2.45, 2.75) is 26.9 Å². The number of aryl methyl sites for hydroxylation is 3. The van der Waals surface area contributed by atoms with E-state index in [0.717, 1.165) is 22.1 Å². The fraction of sp³-hybridized carbons (Fsp3) is 0.375. The molecule has 1 amide bonds. The number of rotatable bonds is 4. The Labute approximate surface area is 128 Å². The Morgan fingerprint density at radius 3 is 2.50 bits per heavy atom. The number of aliphatic hydroxyl groups excluding tert-OH is 1. The number of hydrogen-bond donors (Lipinski definition) is 2. The van der Waals surface area contributed by atoms with Gasteiger partial charge in [-0.1, -0.05) is 12.1 Å². The number of benzene rings is 1. The van der Waals surface area contributed by atoms with Crippen molar-refractivity contribution in [3.05, 3.63) is 34.6 Å². The van der Waals surface area contributed by atoms with Gasteiger partial charge < -0.3 is 19.6 Å². The van der Waals surface area contributed by atoms with Gasteiger partial charge in [0.05, 0.1) is 13.7 Å². The molecule has 2 aromatic rings. The van der Waals surface area contributed by atoms with Crippen LogP contribution < -0.4 is 5.32 Å². The van der Waals surface area contributed by atoms with E-state index in [1.807, 2.05) is 32.9 Å². The summed E-state index contributed by atoms with van der Waals surface area (Å²) in [5, 5.41) is 12.9. The molecule has 2 rings (SSSR count). The quantitative estimate of drug-likeness (QED) is 0.838. The van der Waals surface area contributed by atoms with Gasteiger partial charge in [-0.3, -0.25) is 4.79 Å². The molecule has 1 aromatic heterocycles. The first-order chi connectivity index (χ1) is 10.4. The molecule has 6 heteroatoms. The summed E-state index contributed by atoms with van der Waals surface area (Å²) in [5.74, 6) is -1.09. The molecular formula is C16H19NO5. The van der Waals surface area contributed by atoms with Gasteiger partial charge in [0.2, 0.25) is 0 Å². The second-order valence-electron chi connectivity index (χ2n) is 5.21. The van der Waals surface area contributed by atoms with Crippen LogP contribution in [0.5, 0.6) is 0 Å². The first-order valence-corrected chi connectivity index (χ1v) is 6.90. The molecule has 0 aliphatic heterocycles. The first kappa shape index (κ1) is 16.0. The molecule has 1 unspecified atom stereocenters. The number of carbonyl (C=O) groups is 2. The first-order valence-electron chi connectivity index (χ1n) is 6.90. The summed E-state index contributed by atoms with van der Waals surface area (Å²) in [6.45, 7) is 5.43. The monoisotopic (exact) mass is 305 g/mol. The molecule has 2 N–H and O–H groups in total. The number of amides is 1. The van der Waals surface area contributed by atoms with Gasteiger partial charge in [0.1, 0.15) is 5.58 Å². The summed E-state index contributed by atoms with van der Waals surface area (Å²) in [5.41, 5.74) is 3.38. The predicted molar refractivity (Wildman–Crippen MR) is 80.8 cm³/mol. The smallest absolute Gasteiger partial charge is 0.336 e. The molecule has 1 atom stereocenters. The third-order valence-corrected chi connectivity index (χ3v) is 3.62. The van der Waals surface area contributed by atoms with Gasteiger partial charge in [0, 0.05) is 10.9 Å². The maximum Gasteiger partial charge on any atom is 0.336 e. The predicted octanol–water partition coefficient (Wildman–Crippen LogP) is 1.62.